The smallest absolute Gasteiger partial charge is 0.269 e. The van der Waals surface area contributed by atoms with E-state index in [0.717, 1.165) is 5.69 Å². The first kappa shape index (κ1) is 17.0. The van der Waals surface area contributed by atoms with Gasteiger partial charge in [-0.05, 0) is 37.3 Å². The van der Waals surface area contributed by atoms with Crippen LogP contribution in [0.3, 0.4) is 0 Å². The van der Waals surface area contributed by atoms with Gasteiger partial charge in [-0.3, -0.25) is 19.9 Å². The average Bonchev–Trinajstić information content (AvgIpc) is 2.65. The van der Waals surface area contributed by atoms with Crippen molar-refractivity contribution >= 4 is 17.3 Å². The number of hydrogen-bond donors (Lipinski definition) is 1. The zero-order valence-electron chi connectivity index (χ0n) is 13.7. The number of anilines is 1. The molecule has 0 fully saturated rings. The van der Waals surface area contributed by atoms with Crippen molar-refractivity contribution in [2.24, 2.45) is 0 Å². The number of ether oxygens (including phenoxy) is 1. The zero-order valence-corrected chi connectivity index (χ0v) is 13.7. The highest BCUT2D eigenvalue weighted by Crippen LogP contribution is 2.22. The molecule has 0 saturated carbocycles. The number of non-ortho nitro benzene ring substituents is 1. The van der Waals surface area contributed by atoms with Crippen molar-refractivity contribution in [2.75, 3.05) is 5.32 Å². The second kappa shape index (κ2) is 7.39. The number of carbonyl (C=O) groups excluding carboxylic acids is 1. The van der Waals surface area contributed by atoms with E-state index in [9.17, 15) is 14.9 Å². The van der Waals surface area contributed by atoms with Gasteiger partial charge >= 0.3 is 0 Å². The van der Waals surface area contributed by atoms with Gasteiger partial charge < -0.3 is 10.1 Å². The number of aryl methyl sites for hydroxylation is 1. The van der Waals surface area contributed by atoms with Crippen LogP contribution in [-0.2, 0) is 0 Å². The fourth-order valence-corrected chi connectivity index (χ4v) is 2.14. The highest BCUT2D eigenvalue weighted by atomic mass is 16.6. The minimum atomic E-state index is -0.520. The Labute approximate surface area is 148 Å². The third kappa shape index (κ3) is 3.99. The molecule has 3 aromatic rings. The first-order chi connectivity index (χ1) is 12.5. The number of nitro groups is 1. The summed E-state index contributed by atoms with van der Waals surface area (Å²) in [4.78, 5) is 30.6. The monoisotopic (exact) mass is 350 g/mol. The maximum absolute atomic E-state index is 12.2. The lowest BCUT2D eigenvalue weighted by Crippen LogP contribution is -2.12. The molecule has 1 amide bonds. The van der Waals surface area contributed by atoms with E-state index in [1.165, 1.54) is 30.5 Å². The van der Waals surface area contributed by atoms with Gasteiger partial charge in [0.05, 0.1) is 22.5 Å². The van der Waals surface area contributed by atoms with E-state index in [1.807, 2.05) is 6.92 Å². The number of amides is 1. The van der Waals surface area contributed by atoms with E-state index in [0.29, 0.717) is 22.9 Å². The predicted molar refractivity (Wildman–Crippen MR) is 94.3 cm³/mol. The van der Waals surface area contributed by atoms with Crippen molar-refractivity contribution in [3.63, 3.8) is 0 Å². The van der Waals surface area contributed by atoms with E-state index in [4.69, 9.17) is 4.74 Å². The lowest BCUT2D eigenvalue weighted by atomic mass is 10.2. The molecule has 3 rings (SSSR count). The molecular formula is C18H14N4O4. The van der Waals surface area contributed by atoms with E-state index >= 15 is 0 Å². The number of nitrogens with one attached hydrogen (secondary N) is 1. The van der Waals surface area contributed by atoms with Crippen LogP contribution in [0.2, 0.25) is 0 Å². The number of carbonyl (C=O) groups is 1. The van der Waals surface area contributed by atoms with Crippen LogP contribution in [0.15, 0.2) is 60.9 Å². The van der Waals surface area contributed by atoms with Crippen LogP contribution in [0.5, 0.6) is 11.6 Å². The molecule has 2 heterocycles. The molecule has 0 radical (unpaired) electrons. The largest absolute Gasteiger partial charge is 0.437 e. The van der Waals surface area contributed by atoms with Crippen LogP contribution >= 0.6 is 0 Å². The summed E-state index contributed by atoms with van der Waals surface area (Å²) >= 11 is 0. The topological polar surface area (TPSA) is 107 Å². The number of hydrogen-bond acceptors (Lipinski definition) is 6. The van der Waals surface area contributed by atoms with Gasteiger partial charge in [-0.1, -0.05) is 0 Å². The number of nitro benzene ring substituents is 1. The Morgan fingerprint density at radius 2 is 1.88 bits per heavy atom. The third-order valence-corrected chi connectivity index (χ3v) is 3.51. The zero-order chi connectivity index (χ0) is 18.5. The molecular weight excluding hydrogens is 336 g/mol. The minimum absolute atomic E-state index is 0.0737. The van der Waals surface area contributed by atoms with E-state index < -0.39 is 10.8 Å². The first-order valence-corrected chi connectivity index (χ1v) is 7.64. The third-order valence-electron chi connectivity index (χ3n) is 3.51. The SMILES string of the molecule is Cc1ncccc1Oc1ccc(NC(=O)c2ccc([N+](=O)[O-])cc2)cn1. The lowest BCUT2D eigenvalue weighted by Gasteiger charge is -2.08. The second-order valence-electron chi connectivity index (χ2n) is 5.33. The average molecular weight is 350 g/mol. The maximum atomic E-state index is 12.2. The number of benzene rings is 1. The summed E-state index contributed by atoms with van der Waals surface area (Å²) in [6.07, 6.45) is 3.14. The van der Waals surface area contributed by atoms with Crippen molar-refractivity contribution < 1.29 is 14.5 Å². The Bertz CT molecular complexity index is 940. The Hall–Kier alpha value is -3.81. The number of nitrogens with zero attached hydrogens (tertiary/aromatic N) is 3. The van der Waals surface area contributed by atoms with Gasteiger partial charge in [-0.25, -0.2) is 4.98 Å². The summed E-state index contributed by atoms with van der Waals surface area (Å²) in [5.74, 6) is 0.579. The van der Waals surface area contributed by atoms with Crippen molar-refractivity contribution in [2.45, 2.75) is 6.92 Å². The molecule has 0 aliphatic rings. The highest BCUT2D eigenvalue weighted by Gasteiger charge is 2.10. The van der Waals surface area contributed by atoms with Crippen LogP contribution < -0.4 is 10.1 Å². The number of rotatable bonds is 5. The molecule has 8 heteroatoms. The van der Waals surface area contributed by atoms with E-state index in [1.54, 1.807) is 30.5 Å². The molecule has 0 unspecified atom stereocenters. The number of aromatic nitrogens is 2. The van der Waals surface area contributed by atoms with Crippen LogP contribution in [0, 0.1) is 17.0 Å². The van der Waals surface area contributed by atoms with Gasteiger partial charge in [0.25, 0.3) is 11.6 Å². The van der Waals surface area contributed by atoms with Crippen molar-refractivity contribution in [3.8, 4) is 11.6 Å². The van der Waals surface area contributed by atoms with Crippen molar-refractivity contribution in [3.05, 3.63) is 82.3 Å². The summed E-state index contributed by atoms with van der Waals surface area (Å²) in [6, 6.07) is 12.2. The maximum Gasteiger partial charge on any atom is 0.269 e. The Kier molecular flexibility index (Phi) is 4.84. The molecule has 0 atom stereocenters. The summed E-state index contributed by atoms with van der Waals surface area (Å²) in [7, 11) is 0. The van der Waals surface area contributed by atoms with Gasteiger partial charge in [-0.15, -0.1) is 0 Å². The molecule has 130 valence electrons. The molecule has 8 nitrogen and oxygen atoms in total. The lowest BCUT2D eigenvalue weighted by molar-refractivity contribution is -0.384. The summed E-state index contributed by atoms with van der Waals surface area (Å²) in [6.45, 7) is 1.83. The van der Waals surface area contributed by atoms with E-state index in [2.05, 4.69) is 15.3 Å². The molecule has 0 saturated heterocycles. The molecule has 2 aromatic heterocycles. The van der Waals surface area contributed by atoms with Gasteiger partial charge in [-0.2, -0.15) is 0 Å². The Morgan fingerprint density at radius 3 is 2.50 bits per heavy atom. The number of pyridine rings is 2. The summed E-state index contributed by atoms with van der Waals surface area (Å²) in [5, 5.41) is 13.3. The van der Waals surface area contributed by atoms with Gasteiger partial charge in [0, 0.05) is 30.0 Å². The molecule has 0 aliphatic carbocycles. The van der Waals surface area contributed by atoms with Crippen molar-refractivity contribution in [1.82, 2.24) is 9.97 Å². The normalized spacial score (nSPS) is 10.2. The summed E-state index contributed by atoms with van der Waals surface area (Å²) in [5.41, 5.74) is 1.45. The molecule has 1 N–H and O–H groups in total. The molecule has 1 aromatic carbocycles. The van der Waals surface area contributed by atoms with Crippen LogP contribution in [0.4, 0.5) is 11.4 Å². The van der Waals surface area contributed by atoms with Crippen LogP contribution in [-0.4, -0.2) is 20.8 Å². The molecule has 0 spiro atoms. The fourth-order valence-electron chi connectivity index (χ4n) is 2.14. The molecule has 0 aliphatic heterocycles. The molecule has 26 heavy (non-hydrogen) atoms. The van der Waals surface area contributed by atoms with Gasteiger partial charge in [0.15, 0.2) is 5.75 Å². The Morgan fingerprint density at radius 1 is 1.12 bits per heavy atom. The quantitative estimate of drug-likeness (QED) is 0.555. The second-order valence-corrected chi connectivity index (χ2v) is 5.33. The van der Waals surface area contributed by atoms with Crippen LogP contribution in [0.25, 0.3) is 0 Å². The molecule has 0 bridgehead atoms. The van der Waals surface area contributed by atoms with E-state index in [-0.39, 0.29) is 5.69 Å². The predicted octanol–water partition coefficient (Wildman–Crippen LogP) is 3.74. The minimum Gasteiger partial charge on any atom is -0.437 e. The Balaban J connectivity index is 1.66. The van der Waals surface area contributed by atoms with Crippen molar-refractivity contribution in [1.29, 1.82) is 0 Å². The summed E-state index contributed by atoms with van der Waals surface area (Å²) < 4.78 is 5.64. The van der Waals surface area contributed by atoms with Gasteiger partial charge in [0.1, 0.15) is 0 Å². The standard InChI is InChI=1S/C18H14N4O4/c1-12-16(3-2-10-19-12)26-17-9-6-14(11-20-17)21-18(23)13-4-7-15(8-5-13)22(24)25/h2-11H,1H3,(H,21,23). The van der Waals surface area contributed by atoms with Crippen LogP contribution in [0.1, 0.15) is 16.1 Å². The first-order valence-electron chi connectivity index (χ1n) is 7.64. The fraction of sp³-hybridized carbons (Fsp3) is 0.0556. The van der Waals surface area contributed by atoms with Gasteiger partial charge in [0.2, 0.25) is 5.88 Å². The highest BCUT2D eigenvalue weighted by molar-refractivity contribution is 6.04.